The predicted octanol–water partition coefficient (Wildman–Crippen LogP) is 1.79. The van der Waals surface area contributed by atoms with Crippen molar-refractivity contribution in [1.82, 2.24) is 10.2 Å². The van der Waals surface area contributed by atoms with Crippen LogP contribution in [0.5, 0.6) is 11.5 Å². The Balaban J connectivity index is 2.04. The molecule has 8 heteroatoms. The number of Topliss-reactive ketones (excluding diaryl/α,β-unsaturated/α-hetero) is 1. The molecule has 0 atom stereocenters. The van der Waals surface area contributed by atoms with Gasteiger partial charge in [-0.1, -0.05) is 6.92 Å². The van der Waals surface area contributed by atoms with Crippen LogP contribution in [0, 0.1) is 0 Å². The molecule has 1 aromatic rings. The molecule has 0 unspecified atom stereocenters. The first kappa shape index (κ1) is 20.7. The van der Waals surface area contributed by atoms with Crippen molar-refractivity contribution in [3.63, 3.8) is 0 Å². The van der Waals surface area contributed by atoms with Gasteiger partial charge in [-0.05, 0) is 40.3 Å². The lowest BCUT2D eigenvalue weighted by atomic mass is 10.1. The summed E-state index contributed by atoms with van der Waals surface area (Å²) in [5.41, 5.74) is 0.384. The quantitative estimate of drug-likeness (QED) is 0.703. The summed E-state index contributed by atoms with van der Waals surface area (Å²) in [6, 6.07) is 3.15. The van der Waals surface area contributed by atoms with Gasteiger partial charge in [0, 0.05) is 17.2 Å². The maximum Gasteiger partial charge on any atom is 0.238 e. The number of carbonyl (C=O) groups excluding carboxylic acids is 3. The molecule has 2 rings (SSSR count). The Hall–Kier alpha value is -2.61. The van der Waals surface area contributed by atoms with Gasteiger partial charge in [0.1, 0.15) is 0 Å². The first-order valence-electron chi connectivity index (χ1n) is 8.87. The van der Waals surface area contributed by atoms with Crippen molar-refractivity contribution in [2.45, 2.75) is 40.2 Å². The summed E-state index contributed by atoms with van der Waals surface area (Å²) in [6.07, 6.45) is 0. The molecule has 0 fully saturated rings. The second-order valence-corrected chi connectivity index (χ2v) is 7.46. The number of nitrogens with zero attached hydrogens (tertiary/aromatic N) is 1. The van der Waals surface area contributed by atoms with E-state index >= 15 is 0 Å². The van der Waals surface area contributed by atoms with Crippen LogP contribution < -0.4 is 20.1 Å². The highest BCUT2D eigenvalue weighted by Gasteiger charge is 2.22. The number of ether oxygens (including phenoxy) is 2. The number of ketones is 1. The number of rotatable bonds is 7. The summed E-state index contributed by atoms with van der Waals surface area (Å²) >= 11 is 0. The number of anilines is 1. The van der Waals surface area contributed by atoms with Crippen LogP contribution in [0.2, 0.25) is 0 Å². The second-order valence-electron chi connectivity index (χ2n) is 7.46. The SMILES string of the molecule is CCN(CC(=O)Nc1cc2c(cc1C(C)=O)OCO2)CC(=O)NC(C)(C)C. The Bertz CT molecular complexity index is 740. The van der Waals surface area contributed by atoms with Crippen LogP contribution in [-0.2, 0) is 9.59 Å². The molecule has 0 saturated heterocycles. The number of nitrogens with one attached hydrogen (secondary N) is 2. The molecule has 0 spiro atoms. The van der Waals surface area contributed by atoms with E-state index < -0.39 is 0 Å². The van der Waals surface area contributed by atoms with E-state index in [9.17, 15) is 14.4 Å². The number of hydrogen-bond acceptors (Lipinski definition) is 6. The molecule has 2 N–H and O–H groups in total. The van der Waals surface area contributed by atoms with Crippen LogP contribution in [0.15, 0.2) is 12.1 Å². The average molecular weight is 377 g/mol. The van der Waals surface area contributed by atoms with E-state index in [4.69, 9.17) is 9.47 Å². The molecule has 148 valence electrons. The third-order valence-electron chi connectivity index (χ3n) is 3.86. The van der Waals surface area contributed by atoms with E-state index in [1.54, 1.807) is 17.0 Å². The van der Waals surface area contributed by atoms with Crippen molar-refractivity contribution >= 4 is 23.3 Å². The molecule has 0 aromatic heterocycles. The molecule has 2 amide bonds. The van der Waals surface area contributed by atoms with E-state index in [-0.39, 0.29) is 43.0 Å². The molecule has 1 aliphatic rings. The maximum atomic E-state index is 12.5. The van der Waals surface area contributed by atoms with Gasteiger partial charge in [0.15, 0.2) is 17.3 Å². The molecule has 1 aromatic carbocycles. The molecular weight excluding hydrogens is 350 g/mol. The van der Waals surface area contributed by atoms with Crippen LogP contribution in [0.25, 0.3) is 0 Å². The summed E-state index contributed by atoms with van der Waals surface area (Å²) in [4.78, 5) is 38.1. The van der Waals surface area contributed by atoms with Gasteiger partial charge in [0.25, 0.3) is 0 Å². The second kappa shape index (κ2) is 8.39. The lowest BCUT2D eigenvalue weighted by molar-refractivity contribution is -0.124. The highest BCUT2D eigenvalue weighted by Crippen LogP contribution is 2.37. The highest BCUT2D eigenvalue weighted by molar-refractivity contribution is 6.05. The summed E-state index contributed by atoms with van der Waals surface area (Å²) in [5.74, 6) is 0.298. The molecule has 1 heterocycles. The van der Waals surface area contributed by atoms with Crippen LogP contribution in [0.1, 0.15) is 45.0 Å². The minimum absolute atomic E-state index is 0.0276. The molecule has 0 radical (unpaired) electrons. The van der Waals surface area contributed by atoms with E-state index in [2.05, 4.69) is 10.6 Å². The van der Waals surface area contributed by atoms with E-state index in [0.29, 0.717) is 29.3 Å². The zero-order valence-electron chi connectivity index (χ0n) is 16.5. The van der Waals surface area contributed by atoms with Crippen LogP contribution in [0.3, 0.4) is 0 Å². The van der Waals surface area contributed by atoms with Crippen molar-refractivity contribution in [3.05, 3.63) is 17.7 Å². The minimum atomic E-state index is -0.332. The van der Waals surface area contributed by atoms with Gasteiger partial charge >= 0.3 is 0 Å². The zero-order chi connectivity index (χ0) is 20.2. The Morgan fingerprint density at radius 1 is 1.07 bits per heavy atom. The van der Waals surface area contributed by atoms with Crippen LogP contribution in [0.4, 0.5) is 5.69 Å². The van der Waals surface area contributed by atoms with Crippen molar-refractivity contribution in [2.75, 3.05) is 31.7 Å². The Labute approximate surface area is 159 Å². The van der Waals surface area contributed by atoms with E-state index in [1.807, 2.05) is 27.7 Å². The minimum Gasteiger partial charge on any atom is -0.454 e. The standard InChI is InChI=1S/C19H27N3O5/c1-6-22(10-18(25)21-19(3,4)5)9-17(24)20-14-8-16-15(26-11-27-16)7-13(14)12(2)23/h7-8H,6,9-11H2,1-5H3,(H,20,24)(H,21,25). The van der Waals surface area contributed by atoms with Crippen molar-refractivity contribution in [3.8, 4) is 11.5 Å². The molecular formula is C19H27N3O5. The molecule has 0 bridgehead atoms. The van der Waals surface area contributed by atoms with Crippen LogP contribution in [-0.4, -0.2) is 54.5 Å². The lowest BCUT2D eigenvalue weighted by Gasteiger charge is -2.24. The fourth-order valence-corrected chi connectivity index (χ4v) is 2.67. The fourth-order valence-electron chi connectivity index (χ4n) is 2.67. The number of carbonyl (C=O) groups is 3. The van der Waals surface area contributed by atoms with Gasteiger partial charge in [-0.25, -0.2) is 0 Å². The first-order valence-corrected chi connectivity index (χ1v) is 8.87. The first-order chi connectivity index (χ1) is 12.6. The Morgan fingerprint density at radius 2 is 1.67 bits per heavy atom. The topological polar surface area (TPSA) is 97.0 Å². The molecule has 27 heavy (non-hydrogen) atoms. The largest absolute Gasteiger partial charge is 0.454 e. The Morgan fingerprint density at radius 3 is 2.22 bits per heavy atom. The summed E-state index contributed by atoms with van der Waals surface area (Å²) in [5, 5.41) is 5.61. The van der Waals surface area contributed by atoms with Gasteiger partial charge in [-0.2, -0.15) is 0 Å². The molecule has 0 saturated carbocycles. The average Bonchev–Trinajstić information content (AvgIpc) is 2.98. The van der Waals surface area contributed by atoms with Gasteiger partial charge < -0.3 is 20.1 Å². The number of amides is 2. The van der Waals surface area contributed by atoms with Crippen LogP contribution >= 0.6 is 0 Å². The van der Waals surface area contributed by atoms with Gasteiger partial charge in [-0.3, -0.25) is 19.3 Å². The monoisotopic (exact) mass is 377 g/mol. The summed E-state index contributed by atoms with van der Waals surface area (Å²) in [6.45, 7) is 9.75. The van der Waals surface area contributed by atoms with Gasteiger partial charge in [-0.15, -0.1) is 0 Å². The number of likely N-dealkylation sites (N-methyl/N-ethyl adjacent to an activating group) is 1. The molecule has 0 aliphatic carbocycles. The van der Waals surface area contributed by atoms with Crippen molar-refractivity contribution in [2.24, 2.45) is 0 Å². The van der Waals surface area contributed by atoms with E-state index in [0.717, 1.165) is 0 Å². The number of benzene rings is 1. The maximum absolute atomic E-state index is 12.5. The van der Waals surface area contributed by atoms with Gasteiger partial charge in [0.2, 0.25) is 18.6 Å². The third kappa shape index (κ3) is 5.96. The highest BCUT2D eigenvalue weighted by atomic mass is 16.7. The predicted molar refractivity (Wildman–Crippen MR) is 101 cm³/mol. The zero-order valence-corrected chi connectivity index (χ0v) is 16.5. The fraction of sp³-hybridized carbons (Fsp3) is 0.526. The van der Waals surface area contributed by atoms with Crippen molar-refractivity contribution < 1.29 is 23.9 Å². The van der Waals surface area contributed by atoms with Gasteiger partial charge in [0.05, 0.1) is 18.8 Å². The lowest BCUT2D eigenvalue weighted by Crippen LogP contribution is -2.47. The number of fused-ring (bicyclic) bond motifs is 1. The Kier molecular flexibility index (Phi) is 6.43. The summed E-state index contributed by atoms with van der Waals surface area (Å²) < 4.78 is 10.6. The summed E-state index contributed by atoms with van der Waals surface area (Å²) in [7, 11) is 0. The molecule has 1 aliphatic heterocycles. The third-order valence-corrected chi connectivity index (χ3v) is 3.86. The van der Waals surface area contributed by atoms with Crippen molar-refractivity contribution in [1.29, 1.82) is 0 Å². The smallest absolute Gasteiger partial charge is 0.238 e. The number of hydrogen-bond donors (Lipinski definition) is 2. The normalized spacial score (nSPS) is 12.8. The van der Waals surface area contributed by atoms with E-state index in [1.165, 1.54) is 6.92 Å². The molecule has 8 nitrogen and oxygen atoms in total.